The lowest BCUT2D eigenvalue weighted by molar-refractivity contribution is 0.0650. The van der Waals surface area contributed by atoms with E-state index in [1.54, 1.807) is 29.4 Å². The maximum Gasteiger partial charge on any atom is 0.253 e. The highest BCUT2D eigenvalue weighted by molar-refractivity contribution is 7.89. The number of piperidine rings is 1. The molecule has 0 spiro atoms. The second kappa shape index (κ2) is 10.6. The van der Waals surface area contributed by atoms with Gasteiger partial charge in [-0.25, -0.2) is 8.42 Å². The van der Waals surface area contributed by atoms with Gasteiger partial charge in [0.25, 0.3) is 5.91 Å². The quantitative estimate of drug-likeness (QED) is 0.651. The van der Waals surface area contributed by atoms with Crippen molar-refractivity contribution < 1.29 is 13.2 Å². The van der Waals surface area contributed by atoms with E-state index in [9.17, 15) is 13.2 Å². The molecular weight excluding hydrogens is 434 g/mol. The molecule has 4 rings (SSSR count). The van der Waals surface area contributed by atoms with Crippen molar-refractivity contribution in [3.63, 3.8) is 0 Å². The summed E-state index contributed by atoms with van der Waals surface area (Å²) in [5.74, 6) is -0.0930. The summed E-state index contributed by atoms with van der Waals surface area (Å²) in [4.78, 5) is 17.6. The molecule has 0 aromatic heterocycles. The Morgan fingerprint density at radius 2 is 1.61 bits per heavy atom. The van der Waals surface area contributed by atoms with E-state index in [1.807, 2.05) is 23.1 Å². The van der Waals surface area contributed by atoms with Crippen LogP contribution in [0.1, 0.15) is 40.7 Å². The average Bonchev–Trinajstić information content (AvgIpc) is 2.85. The van der Waals surface area contributed by atoms with Crippen LogP contribution < -0.4 is 0 Å². The van der Waals surface area contributed by atoms with Crippen molar-refractivity contribution in [1.82, 2.24) is 14.1 Å². The molecule has 7 heteroatoms. The molecule has 33 heavy (non-hydrogen) atoms. The Hall–Kier alpha value is -2.48. The molecule has 0 bridgehead atoms. The van der Waals surface area contributed by atoms with Crippen molar-refractivity contribution in [2.75, 3.05) is 45.8 Å². The third-order valence-corrected chi connectivity index (χ3v) is 8.54. The predicted molar refractivity (Wildman–Crippen MR) is 132 cm³/mol. The van der Waals surface area contributed by atoms with Crippen LogP contribution in [-0.2, 0) is 10.0 Å². The lowest BCUT2D eigenvalue weighted by Crippen LogP contribution is -2.48. The van der Waals surface area contributed by atoms with Gasteiger partial charge in [-0.15, -0.1) is 0 Å². The van der Waals surface area contributed by atoms with Gasteiger partial charge in [-0.05, 0) is 43.0 Å². The van der Waals surface area contributed by atoms with Gasteiger partial charge in [0, 0.05) is 51.4 Å². The summed E-state index contributed by atoms with van der Waals surface area (Å²) in [6.07, 6.45) is 7.12. The summed E-state index contributed by atoms with van der Waals surface area (Å²) in [6, 6.07) is 15.3. The molecule has 0 radical (unpaired) electrons. The number of hydrogen-bond donors (Lipinski definition) is 0. The van der Waals surface area contributed by atoms with Gasteiger partial charge >= 0.3 is 0 Å². The Labute approximate surface area is 197 Å². The van der Waals surface area contributed by atoms with E-state index in [1.165, 1.54) is 5.56 Å². The van der Waals surface area contributed by atoms with Crippen molar-refractivity contribution in [2.45, 2.75) is 31.1 Å². The Balaban J connectivity index is 1.38. The van der Waals surface area contributed by atoms with Crippen molar-refractivity contribution in [3.05, 3.63) is 71.3 Å². The van der Waals surface area contributed by atoms with Crippen molar-refractivity contribution in [3.8, 4) is 0 Å². The number of aryl methyl sites for hydroxylation is 1. The van der Waals surface area contributed by atoms with Crippen LogP contribution in [0.5, 0.6) is 0 Å². The third kappa shape index (κ3) is 5.72. The van der Waals surface area contributed by atoms with Crippen LogP contribution in [0.3, 0.4) is 0 Å². The first-order valence-electron chi connectivity index (χ1n) is 11.8. The van der Waals surface area contributed by atoms with Crippen LogP contribution in [0.4, 0.5) is 0 Å². The smallest absolute Gasteiger partial charge is 0.253 e. The number of amides is 1. The topological polar surface area (TPSA) is 60.9 Å². The summed E-state index contributed by atoms with van der Waals surface area (Å²) < 4.78 is 28.0. The summed E-state index contributed by atoms with van der Waals surface area (Å²) >= 11 is 0. The molecule has 2 heterocycles. The Morgan fingerprint density at radius 3 is 2.30 bits per heavy atom. The lowest BCUT2D eigenvalue weighted by atomic mass is 10.1. The lowest BCUT2D eigenvalue weighted by Gasteiger charge is -2.34. The molecule has 0 saturated carbocycles. The summed E-state index contributed by atoms with van der Waals surface area (Å²) in [6.45, 7) is 6.64. The zero-order valence-electron chi connectivity index (χ0n) is 19.3. The molecule has 176 valence electrons. The van der Waals surface area contributed by atoms with Gasteiger partial charge in [0.05, 0.1) is 4.90 Å². The number of sulfonamides is 1. The molecule has 2 aliphatic rings. The van der Waals surface area contributed by atoms with Crippen LogP contribution in [0, 0.1) is 6.92 Å². The van der Waals surface area contributed by atoms with E-state index < -0.39 is 10.0 Å². The van der Waals surface area contributed by atoms with Crippen molar-refractivity contribution in [1.29, 1.82) is 0 Å². The van der Waals surface area contributed by atoms with E-state index in [4.69, 9.17) is 0 Å². The normalized spacial score (nSPS) is 18.6. The standard InChI is InChI=1S/C26H33N3O3S/c1-22-12-13-24(21-25(22)33(31,32)29-15-6-3-7-16-29)26(30)28-19-17-27(18-20-28)14-8-11-23-9-4-2-5-10-23/h2,4-5,8-13,21H,3,6-7,14-20H2,1H3/b11-8+. The predicted octanol–water partition coefficient (Wildman–Crippen LogP) is 3.64. The van der Waals surface area contributed by atoms with Crippen molar-refractivity contribution in [2.24, 2.45) is 0 Å². The Bertz CT molecular complexity index is 1090. The van der Waals surface area contributed by atoms with E-state index in [0.717, 1.165) is 38.9 Å². The summed E-state index contributed by atoms with van der Waals surface area (Å²) in [7, 11) is -3.57. The average molecular weight is 468 g/mol. The molecule has 2 fully saturated rings. The fourth-order valence-electron chi connectivity index (χ4n) is 4.47. The van der Waals surface area contributed by atoms with E-state index in [-0.39, 0.29) is 10.8 Å². The molecule has 2 aliphatic heterocycles. The largest absolute Gasteiger partial charge is 0.336 e. The molecule has 0 unspecified atom stereocenters. The van der Waals surface area contributed by atoms with Crippen LogP contribution in [-0.4, -0.2) is 74.2 Å². The van der Waals surface area contributed by atoms with Crippen LogP contribution in [0.2, 0.25) is 0 Å². The molecule has 0 aliphatic carbocycles. The van der Waals surface area contributed by atoms with Gasteiger partial charge in [0.15, 0.2) is 0 Å². The molecule has 0 atom stereocenters. The van der Waals surface area contributed by atoms with Gasteiger partial charge in [0.2, 0.25) is 10.0 Å². The summed E-state index contributed by atoms with van der Waals surface area (Å²) in [5.41, 5.74) is 2.32. The molecule has 2 saturated heterocycles. The van der Waals surface area contributed by atoms with Gasteiger partial charge in [-0.1, -0.05) is 55.0 Å². The fourth-order valence-corrected chi connectivity index (χ4v) is 6.24. The molecular formula is C26H33N3O3S. The maximum atomic E-state index is 13.2. The minimum absolute atomic E-state index is 0.0930. The minimum Gasteiger partial charge on any atom is -0.336 e. The van der Waals surface area contributed by atoms with E-state index in [2.05, 4.69) is 29.2 Å². The van der Waals surface area contributed by atoms with Crippen LogP contribution in [0.15, 0.2) is 59.5 Å². The third-order valence-electron chi connectivity index (χ3n) is 6.50. The van der Waals surface area contributed by atoms with Gasteiger partial charge < -0.3 is 4.90 Å². The highest BCUT2D eigenvalue weighted by Crippen LogP contribution is 2.25. The molecule has 6 nitrogen and oxygen atoms in total. The fraction of sp³-hybridized carbons (Fsp3) is 0.423. The second-order valence-electron chi connectivity index (χ2n) is 8.85. The van der Waals surface area contributed by atoms with Crippen LogP contribution in [0.25, 0.3) is 6.08 Å². The number of piperazine rings is 1. The Morgan fingerprint density at radius 1 is 0.909 bits per heavy atom. The molecule has 0 N–H and O–H groups in total. The highest BCUT2D eigenvalue weighted by atomic mass is 32.2. The first kappa shape index (κ1) is 23.7. The first-order valence-corrected chi connectivity index (χ1v) is 13.2. The SMILES string of the molecule is Cc1ccc(C(=O)N2CCN(C/C=C/c3ccccc3)CC2)cc1S(=O)(=O)N1CCCCC1. The number of carbonyl (C=O) groups is 1. The number of hydrogen-bond acceptors (Lipinski definition) is 4. The number of rotatable bonds is 6. The number of nitrogens with zero attached hydrogens (tertiary/aromatic N) is 3. The maximum absolute atomic E-state index is 13.2. The van der Waals surface area contributed by atoms with Crippen molar-refractivity contribution >= 4 is 22.0 Å². The van der Waals surface area contributed by atoms with E-state index in [0.29, 0.717) is 37.3 Å². The summed E-state index contributed by atoms with van der Waals surface area (Å²) in [5, 5.41) is 0. The zero-order chi connectivity index (χ0) is 23.3. The van der Waals surface area contributed by atoms with Gasteiger partial charge in [-0.3, -0.25) is 9.69 Å². The Kier molecular flexibility index (Phi) is 7.63. The highest BCUT2D eigenvalue weighted by Gasteiger charge is 2.29. The van der Waals surface area contributed by atoms with Gasteiger partial charge in [-0.2, -0.15) is 4.31 Å². The number of carbonyl (C=O) groups excluding carboxylic acids is 1. The number of benzene rings is 2. The monoisotopic (exact) mass is 467 g/mol. The molecule has 2 aromatic carbocycles. The molecule has 1 amide bonds. The first-order chi connectivity index (χ1) is 15.9. The second-order valence-corrected chi connectivity index (χ2v) is 10.8. The van der Waals surface area contributed by atoms with E-state index >= 15 is 0 Å². The van der Waals surface area contributed by atoms with Crippen LogP contribution >= 0.6 is 0 Å². The molecule has 2 aromatic rings. The zero-order valence-corrected chi connectivity index (χ0v) is 20.1. The minimum atomic E-state index is -3.57. The van der Waals surface area contributed by atoms with Gasteiger partial charge in [0.1, 0.15) is 0 Å².